The van der Waals surface area contributed by atoms with Crippen LogP contribution in [0.1, 0.15) is 15.9 Å². The molecule has 1 N–H and O–H groups in total. The summed E-state index contributed by atoms with van der Waals surface area (Å²) in [6.45, 7) is 1.73. The number of halogens is 3. The Balaban J connectivity index is 2.21. The van der Waals surface area contributed by atoms with Gasteiger partial charge in [0, 0.05) is 8.96 Å². The minimum absolute atomic E-state index is 0.00595. The van der Waals surface area contributed by atoms with Crippen LogP contribution in [-0.4, -0.2) is 13.1 Å². The van der Waals surface area contributed by atoms with Gasteiger partial charge in [-0.15, -0.1) is 0 Å². The average Bonchev–Trinajstić information content (AvgIpc) is 2.92. The Morgan fingerprint density at radius 2 is 2.04 bits per heavy atom. The van der Waals surface area contributed by atoms with Gasteiger partial charge in [-0.3, -0.25) is 0 Å². The van der Waals surface area contributed by atoms with Crippen molar-refractivity contribution >= 4 is 50.9 Å². The summed E-state index contributed by atoms with van der Waals surface area (Å²) in [5, 5.41) is 3.10. The van der Waals surface area contributed by atoms with Crippen LogP contribution < -0.4 is 5.32 Å². The zero-order chi connectivity index (χ0) is 17.4. The number of esters is 1. The third kappa shape index (κ3) is 2.83. The van der Waals surface area contributed by atoms with E-state index in [9.17, 15) is 13.6 Å². The van der Waals surface area contributed by atoms with Crippen molar-refractivity contribution in [3.63, 3.8) is 0 Å². The van der Waals surface area contributed by atoms with Crippen molar-refractivity contribution in [3.05, 3.63) is 56.9 Å². The monoisotopic (exact) mass is 443 g/mol. The zero-order valence-corrected chi connectivity index (χ0v) is 14.9. The summed E-state index contributed by atoms with van der Waals surface area (Å²) in [4.78, 5) is 12.0. The fraction of sp³-hybridized carbons (Fsp3) is 0.118. The number of ether oxygens (including phenoxy) is 1. The standard InChI is InChI=1S/C17H12F2INO3/c1-8-7-24-16-10(8)6-11(17(22)23-2)15(14(16)19)21-13-4-3-9(20)5-12(13)18/h3-7,21H,1-2H3. The second-order valence-corrected chi connectivity index (χ2v) is 6.39. The number of carbonyl (C=O) groups is 1. The van der Waals surface area contributed by atoms with E-state index in [-0.39, 0.29) is 22.5 Å². The van der Waals surface area contributed by atoms with Crippen molar-refractivity contribution in [1.29, 1.82) is 0 Å². The molecule has 2 aromatic carbocycles. The molecule has 24 heavy (non-hydrogen) atoms. The molecule has 0 aliphatic rings. The summed E-state index contributed by atoms with van der Waals surface area (Å²) < 4.78 is 39.5. The van der Waals surface area contributed by atoms with E-state index in [1.54, 1.807) is 13.0 Å². The number of anilines is 2. The third-order valence-electron chi connectivity index (χ3n) is 3.60. The number of carbonyl (C=O) groups excluding carboxylic acids is 1. The minimum Gasteiger partial charge on any atom is -0.465 e. The van der Waals surface area contributed by atoms with Gasteiger partial charge in [0.2, 0.25) is 0 Å². The highest BCUT2D eigenvalue weighted by Crippen LogP contribution is 2.34. The quantitative estimate of drug-likeness (QED) is 0.449. The lowest BCUT2D eigenvalue weighted by Crippen LogP contribution is -2.08. The molecule has 4 nitrogen and oxygen atoms in total. The first kappa shape index (κ1) is 16.7. The van der Waals surface area contributed by atoms with Crippen LogP contribution in [0.5, 0.6) is 0 Å². The molecule has 1 heterocycles. The molecule has 0 radical (unpaired) electrons. The van der Waals surface area contributed by atoms with Gasteiger partial charge in [0.15, 0.2) is 11.4 Å². The lowest BCUT2D eigenvalue weighted by molar-refractivity contribution is 0.0601. The lowest BCUT2D eigenvalue weighted by atomic mass is 10.1. The molecule has 7 heteroatoms. The summed E-state index contributed by atoms with van der Waals surface area (Å²) in [7, 11) is 1.20. The average molecular weight is 443 g/mol. The second kappa shape index (κ2) is 6.39. The Bertz CT molecular complexity index is 953. The topological polar surface area (TPSA) is 51.5 Å². The fourth-order valence-corrected chi connectivity index (χ4v) is 2.82. The van der Waals surface area contributed by atoms with Crippen LogP contribution in [0.3, 0.4) is 0 Å². The highest BCUT2D eigenvalue weighted by molar-refractivity contribution is 14.1. The Hall–Kier alpha value is -2.16. The number of hydrogen-bond donors (Lipinski definition) is 1. The summed E-state index contributed by atoms with van der Waals surface area (Å²) in [5.74, 6) is -2.07. The van der Waals surface area contributed by atoms with Gasteiger partial charge in [-0.25, -0.2) is 13.6 Å². The number of hydrogen-bond acceptors (Lipinski definition) is 4. The van der Waals surface area contributed by atoms with E-state index in [0.717, 1.165) is 0 Å². The van der Waals surface area contributed by atoms with Crippen LogP contribution >= 0.6 is 22.6 Å². The van der Waals surface area contributed by atoms with Crippen molar-refractivity contribution in [2.45, 2.75) is 6.92 Å². The Morgan fingerprint density at radius 1 is 1.29 bits per heavy atom. The first-order valence-electron chi connectivity index (χ1n) is 6.93. The predicted octanol–water partition coefficient (Wildman–Crippen LogP) is 5.15. The van der Waals surface area contributed by atoms with E-state index in [1.165, 1.54) is 31.6 Å². The third-order valence-corrected chi connectivity index (χ3v) is 4.27. The normalized spacial score (nSPS) is 10.9. The van der Waals surface area contributed by atoms with Crippen LogP contribution in [-0.2, 0) is 4.74 Å². The van der Waals surface area contributed by atoms with Crippen LogP contribution in [0.15, 0.2) is 34.9 Å². The van der Waals surface area contributed by atoms with Gasteiger partial charge in [-0.1, -0.05) is 0 Å². The number of nitrogens with one attached hydrogen (secondary N) is 1. The van der Waals surface area contributed by atoms with Crippen molar-refractivity contribution in [3.8, 4) is 0 Å². The molecule has 0 unspecified atom stereocenters. The molecular weight excluding hydrogens is 431 g/mol. The molecule has 3 aromatic rings. The van der Waals surface area contributed by atoms with E-state index in [0.29, 0.717) is 14.5 Å². The number of benzene rings is 2. The molecule has 0 saturated carbocycles. The highest BCUT2D eigenvalue weighted by Gasteiger charge is 2.23. The van der Waals surface area contributed by atoms with Gasteiger partial charge < -0.3 is 14.5 Å². The Labute approximate surface area is 149 Å². The Kier molecular flexibility index (Phi) is 4.44. The molecule has 0 spiro atoms. The molecule has 0 fully saturated rings. The highest BCUT2D eigenvalue weighted by atomic mass is 127. The first-order valence-corrected chi connectivity index (χ1v) is 8.01. The van der Waals surface area contributed by atoms with Crippen LogP contribution in [0.2, 0.25) is 0 Å². The van der Waals surface area contributed by atoms with Gasteiger partial charge in [0.25, 0.3) is 0 Å². The van der Waals surface area contributed by atoms with Crippen molar-refractivity contribution in [2.24, 2.45) is 0 Å². The van der Waals surface area contributed by atoms with E-state index in [4.69, 9.17) is 9.15 Å². The number of rotatable bonds is 3. The lowest BCUT2D eigenvalue weighted by Gasteiger charge is -2.13. The van der Waals surface area contributed by atoms with Gasteiger partial charge >= 0.3 is 5.97 Å². The maximum Gasteiger partial charge on any atom is 0.340 e. The molecule has 0 aliphatic carbocycles. The largest absolute Gasteiger partial charge is 0.465 e. The molecule has 3 rings (SSSR count). The number of furan rings is 1. The van der Waals surface area contributed by atoms with Gasteiger partial charge in [-0.05, 0) is 59.3 Å². The van der Waals surface area contributed by atoms with Gasteiger partial charge in [0.05, 0.1) is 30.3 Å². The van der Waals surface area contributed by atoms with E-state index >= 15 is 0 Å². The maximum absolute atomic E-state index is 14.8. The maximum atomic E-state index is 14.8. The number of aryl methyl sites for hydroxylation is 1. The summed E-state index contributed by atoms with van der Waals surface area (Å²) in [5.41, 5.74) is 0.491. The molecule has 0 saturated heterocycles. The number of methoxy groups -OCH3 is 1. The SMILES string of the molecule is COC(=O)c1cc2c(C)coc2c(F)c1Nc1ccc(I)cc1F. The molecule has 0 atom stereocenters. The molecule has 0 amide bonds. The smallest absolute Gasteiger partial charge is 0.340 e. The number of fused-ring (bicyclic) bond motifs is 1. The van der Waals surface area contributed by atoms with Crippen molar-refractivity contribution in [2.75, 3.05) is 12.4 Å². The molecule has 1 aromatic heterocycles. The van der Waals surface area contributed by atoms with Gasteiger partial charge in [-0.2, -0.15) is 0 Å². The second-order valence-electron chi connectivity index (χ2n) is 5.15. The zero-order valence-electron chi connectivity index (χ0n) is 12.7. The van der Waals surface area contributed by atoms with Gasteiger partial charge in [0.1, 0.15) is 5.82 Å². The van der Waals surface area contributed by atoms with Crippen molar-refractivity contribution in [1.82, 2.24) is 0 Å². The molecule has 0 bridgehead atoms. The van der Waals surface area contributed by atoms with Crippen molar-refractivity contribution < 1.29 is 22.7 Å². The molecule has 124 valence electrons. The summed E-state index contributed by atoms with van der Waals surface area (Å²) >= 11 is 1.97. The summed E-state index contributed by atoms with van der Waals surface area (Å²) in [6, 6.07) is 5.90. The fourth-order valence-electron chi connectivity index (χ4n) is 2.37. The van der Waals surface area contributed by atoms with E-state index < -0.39 is 17.6 Å². The molecular formula is C17H12F2INO3. The first-order chi connectivity index (χ1) is 11.4. The van der Waals surface area contributed by atoms with Crippen LogP contribution in [0, 0.1) is 22.1 Å². The predicted molar refractivity (Wildman–Crippen MR) is 94.6 cm³/mol. The summed E-state index contributed by atoms with van der Waals surface area (Å²) in [6.07, 6.45) is 1.39. The Morgan fingerprint density at radius 3 is 2.71 bits per heavy atom. The molecule has 0 aliphatic heterocycles. The minimum atomic E-state index is -0.779. The van der Waals surface area contributed by atoms with Crippen LogP contribution in [0.4, 0.5) is 20.2 Å². The van der Waals surface area contributed by atoms with E-state index in [2.05, 4.69) is 5.32 Å². The van der Waals surface area contributed by atoms with E-state index in [1.807, 2.05) is 22.6 Å². The van der Waals surface area contributed by atoms with Crippen LogP contribution in [0.25, 0.3) is 11.0 Å².